The van der Waals surface area contributed by atoms with Crippen LogP contribution in [0.5, 0.6) is 0 Å². The molecule has 7 nitrogen and oxygen atoms in total. The molecule has 2 aliphatic heterocycles. The molecule has 2 heterocycles. The van der Waals surface area contributed by atoms with Gasteiger partial charge in [0.2, 0.25) is 21.8 Å². The minimum absolute atomic E-state index is 0.0210. The van der Waals surface area contributed by atoms with Crippen molar-refractivity contribution in [3.63, 3.8) is 0 Å². The van der Waals surface area contributed by atoms with Crippen molar-refractivity contribution in [1.82, 2.24) is 9.62 Å². The zero-order valence-corrected chi connectivity index (χ0v) is 20.8. The van der Waals surface area contributed by atoms with Gasteiger partial charge in [-0.25, -0.2) is 8.42 Å². The summed E-state index contributed by atoms with van der Waals surface area (Å²) in [7, 11) is -3.95. The number of nitrogens with zero attached hydrogens (tertiary/aromatic N) is 2. The molecule has 2 atom stereocenters. The predicted octanol–water partition coefficient (Wildman–Crippen LogP) is 3.13. The van der Waals surface area contributed by atoms with Gasteiger partial charge in [0, 0.05) is 31.7 Å². The van der Waals surface area contributed by atoms with Gasteiger partial charge in [-0.15, -0.1) is 0 Å². The topological polar surface area (TPSA) is 86.8 Å². The number of carbonyl (C=O) groups excluding carboxylic acids is 2. The first-order valence-corrected chi connectivity index (χ1v) is 13.4. The minimum Gasteiger partial charge on any atom is -0.341 e. The molecule has 1 fully saturated rings. The Labute approximate surface area is 202 Å². The molecule has 2 aromatic rings. The number of hydrogen-bond acceptors (Lipinski definition) is 4. The van der Waals surface area contributed by atoms with Crippen LogP contribution in [0, 0.1) is 5.92 Å². The number of rotatable bonds is 6. The van der Waals surface area contributed by atoms with E-state index in [4.69, 9.17) is 0 Å². The van der Waals surface area contributed by atoms with Crippen molar-refractivity contribution in [2.24, 2.45) is 5.92 Å². The van der Waals surface area contributed by atoms with Crippen molar-refractivity contribution in [3.05, 3.63) is 59.7 Å². The Kier molecular flexibility index (Phi) is 7.09. The van der Waals surface area contributed by atoms with E-state index in [-0.39, 0.29) is 29.2 Å². The molecule has 182 valence electrons. The van der Waals surface area contributed by atoms with Gasteiger partial charge in [-0.1, -0.05) is 37.3 Å². The van der Waals surface area contributed by atoms with Crippen molar-refractivity contribution in [2.75, 3.05) is 18.0 Å². The molecule has 1 N–H and O–H groups in total. The molecule has 2 amide bonds. The highest BCUT2D eigenvalue weighted by atomic mass is 32.2. The summed E-state index contributed by atoms with van der Waals surface area (Å²) >= 11 is 0. The maximum Gasteiger partial charge on any atom is 0.241 e. The number of likely N-dealkylation sites (tertiary alicyclic amines) is 1. The van der Waals surface area contributed by atoms with E-state index in [1.165, 1.54) is 13.0 Å². The highest BCUT2D eigenvalue weighted by Crippen LogP contribution is 2.34. The Morgan fingerprint density at radius 1 is 1.06 bits per heavy atom. The summed E-state index contributed by atoms with van der Waals surface area (Å²) in [6.45, 7) is 6.92. The van der Waals surface area contributed by atoms with Gasteiger partial charge in [0.1, 0.15) is 6.04 Å². The number of piperidine rings is 1. The van der Waals surface area contributed by atoms with Crippen LogP contribution in [0.3, 0.4) is 0 Å². The van der Waals surface area contributed by atoms with Crippen LogP contribution in [0.15, 0.2) is 53.4 Å². The summed E-state index contributed by atoms with van der Waals surface area (Å²) in [5.41, 5.74) is 2.47. The van der Waals surface area contributed by atoms with Gasteiger partial charge >= 0.3 is 0 Å². The number of anilines is 1. The fraction of sp³-hybridized carbons (Fsp3) is 0.462. The molecular weight excluding hydrogens is 450 g/mol. The molecule has 0 aromatic heterocycles. The summed E-state index contributed by atoms with van der Waals surface area (Å²) in [5, 5.41) is 0. The summed E-state index contributed by atoms with van der Waals surface area (Å²) in [6, 6.07) is 13.4. The van der Waals surface area contributed by atoms with Crippen LogP contribution >= 0.6 is 0 Å². The quantitative estimate of drug-likeness (QED) is 0.684. The number of nitrogens with one attached hydrogen (secondary N) is 1. The number of hydrogen-bond donors (Lipinski definition) is 1. The van der Waals surface area contributed by atoms with Gasteiger partial charge in [0.15, 0.2) is 0 Å². The standard InChI is InChI=1S/C26H33N3O4S/c1-18-11-13-28(14-12-18)26(31)24(16-21-7-5-4-6-8-21)27-34(32,33)23-9-10-25-22(17-23)15-19(2)29(25)20(3)30/h4-10,17-19,24,27H,11-16H2,1-3H3/t19-,24-/m0/s1. The van der Waals surface area contributed by atoms with Crippen molar-refractivity contribution in [3.8, 4) is 0 Å². The van der Waals surface area contributed by atoms with Crippen LogP contribution in [0.2, 0.25) is 0 Å². The van der Waals surface area contributed by atoms with Crippen LogP contribution in [-0.4, -0.2) is 50.3 Å². The lowest BCUT2D eigenvalue weighted by atomic mass is 9.98. The SMILES string of the molecule is CC(=O)N1c2ccc(S(=O)(=O)N[C@@H](Cc3ccccc3)C(=O)N3CCC(C)CC3)cc2C[C@@H]1C. The highest BCUT2D eigenvalue weighted by molar-refractivity contribution is 7.89. The third-order valence-electron chi connectivity index (χ3n) is 6.89. The van der Waals surface area contributed by atoms with Gasteiger partial charge in [0.25, 0.3) is 0 Å². The van der Waals surface area contributed by atoms with Gasteiger partial charge in [-0.3, -0.25) is 9.59 Å². The van der Waals surface area contributed by atoms with E-state index in [2.05, 4.69) is 11.6 Å². The van der Waals surface area contributed by atoms with E-state index in [0.29, 0.717) is 25.4 Å². The second kappa shape index (κ2) is 9.88. The van der Waals surface area contributed by atoms with E-state index >= 15 is 0 Å². The molecule has 0 aliphatic carbocycles. The van der Waals surface area contributed by atoms with E-state index in [1.54, 1.807) is 21.9 Å². The fourth-order valence-electron chi connectivity index (χ4n) is 4.99. The van der Waals surface area contributed by atoms with Crippen molar-refractivity contribution in [1.29, 1.82) is 0 Å². The third kappa shape index (κ3) is 5.18. The molecule has 0 unspecified atom stereocenters. The van der Waals surface area contributed by atoms with E-state index in [1.807, 2.05) is 37.3 Å². The second-order valence-electron chi connectivity index (χ2n) is 9.60. The van der Waals surface area contributed by atoms with Crippen LogP contribution in [-0.2, 0) is 32.5 Å². The summed E-state index contributed by atoms with van der Waals surface area (Å²) < 4.78 is 29.5. The first-order valence-electron chi connectivity index (χ1n) is 11.9. The molecule has 8 heteroatoms. The number of amides is 2. The van der Waals surface area contributed by atoms with Crippen LogP contribution < -0.4 is 9.62 Å². The molecule has 0 saturated carbocycles. The molecule has 2 aromatic carbocycles. The van der Waals surface area contributed by atoms with Crippen molar-refractivity contribution < 1.29 is 18.0 Å². The van der Waals surface area contributed by atoms with Crippen LogP contribution in [0.4, 0.5) is 5.69 Å². The number of fused-ring (bicyclic) bond motifs is 1. The lowest BCUT2D eigenvalue weighted by molar-refractivity contribution is -0.134. The normalized spacial score (nSPS) is 19.7. The molecule has 4 rings (SSSR count). The van der Waals surface area contributed by atoms with Gasteiger partial charge in [-0.05, 0) is 67.9 Å². The first kappa shape index (κ1) is 24.4. The van der Waals surface area contributed by atoms with Gasteiger partial charge in [0.05, 0.1) is 4.90 Å². The average Bonchev–Trinajstić information content (AvgIpc) is 3.14. The molecular formula is C26H33N3O4S. The van der Waals surface area contributed by atoms with Gasteiger partial charge in [-0.2, -0.15) is 4.72 Å². The Morgan fingerprint density at radius 3 is 2.38 bits per heavy atom. The second-order valence-corrected chi connectivity index (χ2v) is 11.3. The average molecular weight is 484 g/mol. The fourth-order valence-corrected chi connectivity index (χ4v) is 6.23. The Balaban J connectivity index is 1.59. The number of benzene rings is 2. The molecule has 0 bridgehead atoms. The van der Waals surface area contributed by atoms with Gasteiger partial charge < -0.3 is 9.80 Å². The van der Waals surface area contributed by atoms with E-state index in [0.717, 1.165) is 29.7 Å². The number of carbonyl (C=O) groups is 2. The van der Waals surface area contributed by atoms with Crippen LogP contribution in [0.25, 0.3) is 0 Å². The van der Waals surface area contributed by atoms with E-state index in [9.17, 15) is 18.0 Å². The monoisotopic (exact) mass is 483 g/mol. The minimum atomic E-state index is -3.95. The largest absolute Gasteiger partial charge is 0.341 e. The lowest BCUT2D eigenvalue weighted by Gasteiger charge is -2.33. The zero-order chi connectivity index (χ0) is 24.5. The van der Waals surface area contributed by atoms with Crippen LogP contribution in [0.1, 0.15) is 44.7 Å². The Hall–Kier alpha value is -2.71. The molecule has 34 heavy (non-hydrogen) atoms. The molecule has 2 aliphatic rings. The maximum atomic E-state index is 13.4. The van der Waals surface area contributed by atoms with E-state index < -0.39 is 16.1 Å². The highest BCUT2D eigenvalue weighted by Gasteiger charge is 2.33. The predicted molar refractivity (Wildman–Crippen MR) is 132 cm³/mol. The summed E-state index contributed by atoms with van der Waals surface area (Å²) in [5.74, 6) is 0.318. The molecule has 1 saturated heterocycles. The maximum absolute atomic E-state index is 13.4. The first-order chi connectivity index (χ1) is 16.2. The summed E-state index contributed by atoms with van der Waals surface area (Å²) in [6.07, 6.45) is 2.72. The Bertz CT molecular complexity index is 1160. The third-order valence-corrected chi connectivity index (χ3v) is 8.36. The van der Waals surface area contributed by atoms with Crippen molar-refractivity contribution in [2.45, 2.75) is 63.4 Å². The molecule has 0 spiro atoms. The van der Waals surface area contributed by atoms with Crippen molar-refractivity contribution >= 4 is 27.5 Å². The lowest BCUT2D eigenvalue weighted by Crippen LogP contribution is -2.51. The zero-order valence-electron chi connectivity index (χ0n) is 20.0. The summed E-state index contributed by atoms with van der Waals surface area (Å²) in [4.78, 5) is 29.0. The number of sulfonamides is 1. The molecule has 0 radical (unpaired) electrons. The smallest absolute Gasteiger partial charge is 0.241 e. The Morgan fingerprint density at radius 2 is 1.74 bits per heavy atom.